The molecule has 0 heterocycles. The van der Waals surface area contributed by atoms with Crippen LogP contribution in [0.5, 0.6) is 0 Å². The highest BCUT2D eigenvalue weighted by Crippen LogP contribution is 2.17. The fourth-order valence-corrected chi connectivity index (χ4v) is 1.79. The SMILES string of the molecule is CC(O)CCN(C)C(=O)Nc1ccccc1CCC(=O)O. The lowest BCUT2D eigenvalue weighted by Crippen LogP contribution is -2.33. The van der Waals surface area contributed by atoms with Crippen LogP contribution in [0.3, 0.4) is 0 Å². The van der Waals surface area contributed by atoms with E-state index in [0.29, 0.717) is 25.1 Å². The van der Waals surface area contributed by atoms with Crippen molar-refractivity contribution in [3.8, 4) is 0 Å². The lowest BCUT2D eigenvalue weighted by Gasteiger charge is -2.19. The number of benzene rings is 1. The number of amides is 2. The number of aryl methyl sites for hydroxylation is 1. The van der Waals surface area contributed by atoms with Crippen molar-refractivity contribution in [3.63, 3.8) is 0 Å². The second-order valence-electron chi connectivity index (χ2n) is 5.04. The fourth-order valence-electron chi connectivity index (χ4n) is 1.79. The molecule has 0 aromatic heterocycles. The van der Waals surface area contributed by atoms with Gasteiger partial charge in [0.25, 0.3) is 0 Å². The molecule has 1 aromatic rings. The summed E-state index contributed by atoms with van der Waals surface area (Å²) in [6.45, 7) is 2.12. The number of hydrogen-bond acceptors (Lipinski definition) is 3. The molecule has 1 aromatic carbocycles. The summed E-state index contributed by atoms with van der Waals surface area (Å²) >= 11 is 0. The van der Waals surface area contributed by atoms with Crippen LogP contribution in [0.2, 0.25) is 0 Å². The number of para-hydroxylation sites is 1. The van der Waals surface area contributed by atoms with Crippen molar-refractivity contribution < 1.29 is 19.8 Å². The molecule has 3 N–H and O–H groups in total. The van der Waals surface area contributed by atoms with Gasteiger partial charge in [0, 0.05) is 25.7 Å². The summed E-state index contributed by atoms with van der Waals surface area (Å²) in [5.74, 6) is -0.870. The Kier molecular flexibility index (Phi) is 6.68. The molecule has 1 rings (SSSR count). The number of nitrogens with zero attached hydrogens (tertiary/aromatic N) is 1. The number of urea groups is 1. The molecule has 6 heteroatoms. The van der Waals surface area contributed by atoms with Crippen LogP contribution < -0.4 is 5.32 Å². The maximum absolute atomic E-state index is 12.0. The number of carbonyl (C=O) groups excluding carboxylic acids is 1. The first-order valence-electron chi connectivity index (χ1n) is 6.90. The number of rotatable bonds is 7. The number of aliphatic hydroxyl groups is 1. The Morgan fingerprint density at radius 3 is 2.62 bits per heavy atom. The maximum Gasteiger partial charge on any atom is 0.321 e. The molecule has 2 amide bonds. The largest absolute Gasteiger partial charge is 0.481 e. The summed E-state index contributed by atoms with van der Waals surface area (Å²) < 4.78 is 0. The molecule has 0 saturated heterocycles. The first-order chi connectivity index (χ1) is 9.90. The van der Waals surface area contributed by atoms with Crippen LogP contribution in [0.25, 0.3) is 0 Å². The second-order valence-corrected chi connectivity index (χ2v) is 5.04. The maximum atomic E-state index is 12.0. The average molecular weight is 294 g/mol. The number of nitrogens with one attached hydrogen (secondary N) is 1. The van der Waals surface area contributed by atoms with Crippen molar-refractivity contribution in [1.82, 2.24) is 4.90 Å². The minimum absolute atomic E-state index is 0.0186. The van der Waals surface area contributed by atoms with Crippen LogP contribution in [-0.4, -0.2) is 46.8 Å². The summed E-state index contributed by atoms with van der Waals surface area (Å²) in [6.07, 6.45) is 0.432. The van der Waals surface area contributed by atoms with Gasteiger partial charge in [0.05, 0.1) is 6.10 Å². The lowest BCUT2D eigenvalue weighted by atomic mass is 10.1. The molecule has 0 aliphatic carbocycles. The third-order valence-corrected chi connectivity index (χ3v) is 3.10. The molecule has 0 fully saturated rings. The van der Waals surface area contributed by atoms with E-state index in [1.54, 1.807) is 32.2 Å². The topological polar surface area (TPSA) is 89.9 Å². The first-order valence-corrected chi connectivity index (χ1v) is 6.90. The molecule has 1 unspecified atom stereocenters. The van der Waals surface area contributed by atoms with Crippen molar-refractivity contribution in [2.45, 2.75) is 32.3 Å². The van der Waals surface area contributed by atoms with Gasteiger partial charge in [-0.15, -0.1) is 0 Å². The highest BCUT2D eigenvalue weighted by Gasteiger charge is 2.12. The summed E-state index contributed by atoms with van der Waals surface area (Å²) in [5, 5.41) is 20.7. The zero-order chi connectivity index (χ0) is 15.8. The molecule has 0 saturated carbocycles. The van der Waals surface area contributed by atoms with Crippen LogP contribution in [0.4, 0.5) is 10.5 Å². The number of carbonyl (C=O) groups is 2. The monoisotopic (exact) mass is 294 g/mol. The van der Waals surface area contributed by atoms with Crippen LogP contribution >= 0.6 is 0 Å². The molecular weight excluding hydrogens is 272 g/mol. The highest BCUT2D eigenvalue weighted by molar-refractivity contribution is 5.90. The number of aliphatic hydroxyl groups excluding tert-OH is 1. The van der Waals surface area contributed by atoms with Crippen molar-refractivity contribution in [2.75, 3.05) is 18.9 Å². The highest BCUT2D eigenvalue weighted by atomic mass is 16.4. The Labute approximate surface area is 124 Å². The van der Waals surface area contributed by atoms with E-state index >= 15 is 0 Å². The van der Waals surface area contributed by atoms with Crippen LogP contribution in [0, 0.1) is 0 Å². The van der Waals surface area contributed by atoms with E-state index in [1.165, 1.54) is 4.90 Å². The molecule has 0 spiro atoms. The predicted octanol–water partition coefficient (Wildman–Crippen LogP) is 1.94. The van der Waals surface area contributed by atoms with Gasteiger partial charge in [-0.05, 0) is 31.4 Å². The van der Waals surface area contributed by atoms with Crippen molar-refractivity contribution >= 4 is 17.7 Å². The molecule has 116 valence electrons. The Morgan fingerprint density at radius 1 is 1.33 bits per heavy atom. The van der Waals surface area contributed by atoms with Gasteiger partial charge in [-0.2, -0.15) is 0 Å². The number of anilines is 1. The van der Waals surface area contributed by atoms with E-state index in [-0.39, 0.29) is 12.5 Å². The van der Waals surface area contributed by atoms with E-state index in [1.807, 2.05) is 6.07 Å². The van der Waals surface area contributed by atoms with Gasteiger partial charge >= 0.3 is 12.0 Å². The van der Waals surface area contributed by atoms with Gasteiger partial charge in [-0.1, -0.05) is 18.2 Å². The molecule has 0 bridgehead atoms. The molecule has 6 nitrogen and oxygen atoms in total. The Morgan fingerprint density at radius 2 is 2.00 bits per heavy atom. The van der Waals surface area contributed by atoms with E-state index in [4.69, 9.17) is 5.11 Å². The molecule has 0 aliphatic heterocycles. The Balaban J connectivity index is 2.64. The third kappa shape index (κ3) is 6.27. The lowest BCUT2D eigenvalue weighted by molar-refractivity contribution is -0.136. The minimum Gasteiger partial charge on any atom is -0.481 e. The first kappa shape index (κ1) is 17.0. The van der Waals surface area contributed by atoms with Crippen LogP contribution in [0.1, 0.15) is 25.3 Å². The Hall–Kier alpha value is -2.08. The zero-order valence-corrected chi connectivity index (χ0v) is 12.4. The molecular formula is C15H22N2O4. The van der Waals surface area contributed by atoms with Gasteiger partial charge in [0.1, 0.15) is 0 Å². The molecule has 0 radical (unpaired) electrons. The minimum atomic E-state index is -0.870. The van der Waals surface area contributed by atoms with Crippen molar-refractivity contribution in [1.29, 1.82) is 0 Å². The van der Waals surface area contributed by atoms with Gasteiger partial charge < -0.3 is 20.4 Å². The third-order valence-electron chi connectivity index (χ3n) is 3.10. The van der Waals surface area contributed by atoms with Gasteiger partial charge in [-0.3, -0.25) is 4.79 Å². The average Bonchev–Trinajstić information content (AvgIpc) is 2.43. The van der Waals surface area contributed by atoms with Crippen molar-refractivity contribution in [3.05, 3.63) is 29.8 Å². The fraction of sp³-hybridized carbons (Fsp3) is 0.467. The zero-order valence-electron chi connectivity index (χ0n) is 12.4. The van der Waals surface area contributed by atoms with Gasteiger partial charge in [0.15, 0.2) is 0 Å². The second kappa shape index (κ2) is 8.26. The van der Waals surface area contributed by atoms with E-state index in [2.05, 4.69) is 5.32 Å². The van der Waals surface area contributed by atoms with E-state index in [9.17, 15) is 14.7 Å². The summed E-state index contributed by atoms with van der Waals surface area (Å²) in [6, 6.07) is 6.87. The van der Waals surface area contributed by atoms with E-state index in [0.717, 1.165) is 5.56 Å². The number of aliphatic carboxylic acids is 1. The summed E-state index contributed by atoms with van der Waals surface area (Å²) in [5.41, 5.74) is 1.41. The number of carboxylic acids is 1. The normalized spacial score (nSPS) is 11.8. The van der Waals surface area contributed by atoms with Crippen LogP contribution in [-0.2, 0) is 11.2 Å². The quantitative estimate of drug-likeness (QED) is 0.717. The van der Waals surface area contributed by atoms with Crippen molar-refractivity contribution in [2.24, 2.45) is 0 Å². The number of hydrogen-bond donors (Lipinski definition) is 3. The molecule has 1 atom stereocenters. The van der Waals surface area contributed by atoms with Crippen LogP contribution in [0.15, 0.2) is 24.3 Å². The molecule has 21 heavy (non-hydrogen) atoms. The van der Waals surface area contributed by atoms with Gasteiger partial charge in [0.2, 0.25) is 0 Å². The predicted molar refractivity (Wildman–Crippen MR) is 80.3 cm³/mol. The summed E-state index contributed by atoms with van der Waals surface area (Å²) in [4.78, 5) is 24.2. The van der Waals surface area contributed by atoms with E-state index < -0.39 is 12.1 Å². The molecule has 0 aliphatic rings. The standard InChI is InChI=1S/C15H22N2O4/c1-11(18)9-10-17(2)15(21)16-13-6-4-3-5-12(13)7-8-14(19)20/h3-6,11,18H,7-10H2,1-2H3,(H,16,21)(H,19,20). The Bertz CT molecular complexity index is 488. The summed E-state index contributed by atoms with van der Waals surface area (Å²) in [7, 11) is 1.65. The number of carboxylic acid groups (broad SMARTS) is 1. The smallest absolute Gasteiger partial charge is 0.321 e. The van der Waals surface area contributed by atoms with Gasteiger partial charge in [-0.25, -0.2) is 4.79 Å².